The minimum absolute atomic E-state index is 0.501. The minimum atomic E-state index is 0.501. The van der Waals surface area contributed by atoms with Crippen LogP contribution < -0.4 is 9.47 Å². The molecule has 1 aromatic rings. The highest BCUT2D eigenvalue weighted by molar-refractivity contribution is 5.52. The summed E-state index contributed by atoms with van der Waals surface area (Å²) in [6.07, 6.45) is 0. The van der Waals surface area contributed by atoms with E-state index >= 15 is 0 Å². The van der Waals surface area contributed by atoms with Gasteiger partial charge in [-0.2, -0.15) is 5.26 Å². The second kappa shape index (κ2) is 6.98. The molecule has 0 aromatic heterocycles. The summed E-state index contributed by atoms with van der Waals surface area (Å²) in [6.45, 7) is 4.78. The van der Waals surface area contributed by atoms with Crippen LogP contribution in [-0.2, 0) is 4.74 Å². The number of ether oxygens (including phenoxy) is 3. The molecule has 0 unspecified atom stereocenters. The molecule has 5 heteroatoms. The van der Waals surface area contributed by atoms with E-state index in [0.717, 1.165) is 32.8 Å². The maximum Gasteiger partial charge on any atom is 0.178 e. The Hall–Kier alpha value is -1.77. The first kappa shape index (κ1) is 13.7. The summed E-state index contributed by atoms with van der Waals surface area (Å²) in [6, 6.07) is 7.43. The van der Waals surface area contributed by atoms with E-state index in [1.807, 2.05) is 0 Å². The fourth-order valence-electron chi connectivity index (χ4n) is 2.02. The zero-order chi connectivity index (χ0) is 13.5. The van der Waals surface area contributed by atoms with Crippen molar-refractivity contribution >= 4 is 0 Å². The average molecular weight is 262 g/mol. The van der Waals surface area contributed by atoms with Gasteiger partial charge in [0.2, 0.25) is 0 Å². The Bertz CT molecular complexity index is 450. The molecule has 2 rings (SSSR count). The average Bonchev–Trinajstić information content (AvgIpc) is 2.48. The number of hydrogen-bond acceptors (Lipinski definition) is 5. The van der Waals surface area contributed by atoms with Crippen molar-refractivity contribution in [3.05, 3.63) is 23.8 Å². The molecule has 1 aliphatic heterocycles. The van der Waals surface area contributed by atoms with Crippen molar-refractivity contribution in [3.8, 4) is 17.6 Å². The van der Waals surface area contributed by atoms with Gasteiger partial charge in [0, 0.05) is 19.6 Å². The fourth-order valence-corrected chi connectivity index (χ4v) is 2.02. The second-order valence-corrected chi connectivity index (χ2v) is 4.25. The number of methoxy groups -OCH3 is 1. The van der Waals surface area contributed by atoms with Gasteiger partial charge in [-0.15, -0.1) is 0 Å². The molecule has 1 saturated heterocycles. The molecule has 0 radical (unpaired) electrons. The van der Waals surface area contributed by atoms with Gasteiger partial charge in [-0.3, -0.25) is 4.90 Å². The van der Waals surface area contributed by atoms with Gasteiger partial charge in [-0.25, -0.2) is 0 Å². The first-order valence-electron chi connectivity index (χ1n) is 6.35. The highest BCUT2D eigenvalue weighted by Gasteiger charge is 2.13. The largest absolute Gasteiger partial charge is 0.493 e. The van der Waals surface area contributed by atoms with Gasteiger partial charge >= 0.3 is 0 Å². The molecule has 102 valence electrons. The third-order valence-corrected chi connectivity index (χ3v) is 3.08. The molecule has 1 aromatic carbocycles. The number of morpholine rings is 1. The van der Waals surface area contributed by atoms with Crippen LogP contribution in [0.5, 0.6) is 11.5 Å². The summed E-state index contributed by atoms with van der Waals surface area (Å²) in [4.78, 5) is 2.28. The maximum atomic E-state index is 9.07. The van der Waals surface area contributed by atoms with Crippen molar-refractivity contribution in [3.63, 3.8) is 0 Å². The standard InChI is InChI=1S/C14H18N2O3/c1-17-13-4-2-3-12(11-15)14(13)19-10-7-16-5-8-18-9-6-16/h2-4H,5-10H2,1H3. The van der Waals surface area contributed by atoms with E-state index < -0.39 is 0 Å². The van der Waals surface area contributed by atoms with Gasteiger partial charge in [0.15, 0.2) is 11.5 Å². The molecule has 0 atom stereocenters. The molecule has 0 amide bonds. The van der Waals surface area contributed by atoms with Crippen LogP contribution in [0, 0.1) is 11.3 Å². The Morgan fingerprint density at radius 1 is 1.37 bits per heavy atom. The Labute approximate surface area is 113 Å². The topological polar surface area (TPSA) is 54.7 Å². The van der Waals surface area contributed by atoms with Crippen LogP contribution in [0.25, 0.3) is 0 Å². The molecule has 0 aliphatic carbocycles. The Morgan fingerprint density at radius 3 is 2.84 bits per heavy atom. The number of benzene rings is 1. The van der Waals surface area contributed by atoms with Crippen LogP contribution in [0.1, 0.15) is 5.56 Å². The van der Waals surface area contributed by atoms with E-state index in [0.29, 0.717) is 23.7 Å². The second-order valence-electron chi connectivity index (χ2n) is 4.25. The van der Waals surface area contributed by atoms with E-state index in [-0.39, 0.29) is 0 Å². The highest BCUT2D eigenvalue weighted by atomic mass is 16.5. The maximum absolute atomic E-state index is 9.07. The van der Waals surface area contributed by atoms with Crippen molar-refractivity contribution < 1.29 is 14.2 Å². The first-order valence-corrected chi connectivity index (χ1v) is 6.35. The van der Waals surface area contributed by atoms with Gasteiger partial charge in [0.1, 0.15) is 12.7 Å². The van der Waals surface area contributed by atoms with Gasteiger partial charge in [0.25, 0.3) is 0 Å². The molecular formula is C14H18N2O3. The Balaban J connectivity index is 1.93. The molecule has 0 saturated carbocycles. The van der Waals surface area contributed by atoms with Crippen LogP contribution in [-0.4, -0.2) is 51.5 Å². The van der Waals surface area contributed by atoms with E-state index in [2.05, 4.69) is 11.0 Å². The van der Waals surface area contributed by atoms with E-state index in [9.17, 15) is 0 Å². The molecule has 0 spiro atoms. The summed E-state index contributed by atoms with van der Waals surface area (Å²) < 4.78 is 16.2. The molecule has 1 heterocycles. The van der Waals surface area contributed by atoms with Gasteiger partial charge < -0.3 is 14.2 Å². The molecule has 1 fully saturated rings. The summed E-state index contributed by atoms with van der Waals surface area (Å²) in [7, 11) is 1.57. The number of para-hydroxylation sites is 1. The molecular weight excluding hydrogens is 244 g/mol. The van der Waals surface area contributed by atoms with Crippen LogP contribution >= 0.6 is 0 Å². The van der Waals surface area contributed by atoms with Crippen LogP contribution in [0.2, 0.25) is 0 Å². The predicted molar refractivity (Wildman–Crippen MR) is 70.5 cm³/mol. The third-order valence-electron chi connectivity index (χ3n) is 3.08. The SMILES string of the molecule is COc1cccc(C#N)c1OCCN1CCOCC1. The lowest BCUT2D eigenvalue weighted by molar-refractivity contribution is 0.0321. The quantitative estimate of drug-likeness (QED) is 0.800. The molecule has 19 heavy (non-hydrogen) atoms. The fraction of sp³-hybridized carbons (Fsp3) is 0.500. The van der Waals surface area contributed by atoms with Crippen molar-refractivity contribution in [2.24, 2.45) is 0 Å². The summed E-state index contributed by atoms with van der Waals surface area (Å²) >= 11 is 0. The van der Waals surface area contributed by atoms with Crippen molar-refractivity contribution in [1.29, 1.82) is 5.26 Å². The van der Waals surface area contributed by atoms with Gasteiger partial charge in [-0.05, 0) is 12.1 Å². The van der Waals surface area contributed by atoms with Crippen LogP contribution in [0.15, 0.2) is 18.2 Å². The van der Waals surface area contributed by atoms with Crippen molar-refractivity contribution in [2.75, 3.05) is 46.6 Å². The van der Waals surface area contributed by atoms with Gasteiger partial charge in [0.05, 0.1) is 25.9 Å². The number of nitriles is 1. The number of hydrogen-bond donors (Lipinski definition) is 0. The summed E-state index contributed by atoms with van der Waals surface area (Å²) in [5.41, 5.74) is 0.501. The van der Waals surface area contributed by atoms with Crippen molar-refractivity contribution in [2.45, 2.75) is 0 Å². The molecule has 0 N–H and O–H groups in total. The van der Waals surface area contributed by atoms with E-state index in [1.165, 1.54) is 0 Å². The lowest BCUT2D eigenvalue weighted by atomic mass is 10.2. The third kappa shape index (κ3) is 3.60. The van der Waals surface area contributed by atoms with Crippen molar-refractivity contribution in [1.82, 2.24) is 4.90 Å². The lowest BCUT2D eigenvalue weighted by Crippen LogP contribution is -2.38. The number of nitrogens with zero attached hydrogens (tertiary/aromatic N) is 2. The molecule has 1 aliphatic rings. The van der Waals surface area contributed by atoms with Gasteiger partial charge in [-0.1, -0.05) is 6.07 Å². The smallest absolute Gasteiger partial charge is 0.178 e. The summed E-state index contributed by atoms with van der Waals surface area (Å²) in [5, 5.41) is 9.07. The van der Waals surface area contributed by atoms with Crippen LogP contribution in [0.3, 0.4) is 0 Å². The van der Waals surface area contributed by atoms with E-state index in [1.54, 1.807) is 25.3 Å². The number of rotatable bonds is 5. The lowest BCUT2D eigenvalue weighted by Gasteiger charge is -2.26. The first-order chi connectivity index (χ1) is 9.35. The highest BCUT2D eigenvalue weighted by Crippen LogP contribution is 2.30. The zero-order valence-electron chi connectivity index (χ0n) is 11.1. The van der Waals surface area contributed by atoms with E-state index in [4.69, 9.17) is 19.5 Å². The monoisotopic (exact) mass is 262 g/mol. The summed E-state index contributed by atoms with van der Waals surface area (Å²) in [5.74, 6) is 1.13. The molecule has 0 bridgehead atoms. The minimum Gasteiger partial charge on any atom is -0.493 e. The zero-order valence-corrected chi connectivity index (χ0v) is 11.1. The molecule has 5 nitrogen and oxygen atoms in total. The Kier molecular flexibility index (Phi) is 5.01. The normalized spacial score (nSPS) is 15.8. The predicted octanol–water partition coefficient (Wildman–Crippen LogP) is 1.28. The van der Waals surface area contributed by atoms with Crippen LogP contribution in [0.4, 0.5) is 0 Å². The Morgan fingerprint density at radius 2 is 2.16 bits per heavy atom.